The molecule has 3 rings (SSSR count). The molecule has 132 valence electrons. The summed E-state index contributed by atoms with van der Waals surface area (Å²) in [4.78, 5) is 29.1. The van der Waals surface area contributed by atoms with Crippen LogP contribution in [0.5, 0.6) is 0 Å². The number of anilines is 1. The number of amides is 1. The van der Waals surface area contributed by atoms with Crippen LogP contribution in [0.4, 0.5) is 15.2 Å². The highest BCUT2D eigenvalue weighted by Gasteiger charge is 2.19. The van der Waals surface area contributed by atoms with Gasteiger partial charge in [-0.25, -0.2) is 9.37 Å². The van der Waals surface area contributed by atoms with Crippen molar-refractivity contribution >= 4 is 39.8 Å². The van der Waals surface area contributed by atoms with Gasteiger partial charge >= 0.3 is 0 Å². The lowest BCUT2D eigenvalue weighted by Crippen LogP contribution is -2.12. The molecule has 1 aromatic heterocycles. The second kappa shape index (κ2) is 7.63. The molecule has 0 unspecified atom stereocenters. The van der Waals surface area contributed by atoms with Crippen LogP contribution < -0.4 is 5.32 Å². The van der Waals surface area contributed by atoms with Crippen molar-refractivity contribution in [2.24, 2.45) is 0 Å². The molecule has 1 amide bonds. The van der Waals surface area contributed by atoms with Crippen molar-refractivity contribution in [1.82, 2.24) is 4.98 Å². The largest absolute Gasteiger partial charge is 0.298 e. The van der Waals surface area contributed by atoms with Gasteiger partial charge in [0.2, 0.25) is 0 Å². The first-order chi connectivity index (χ1) is 12.4. The lowest BCUT2D eigenvalue weighted by atomic mass is 10.2. The van der Waals surface area contributed by atoms with E-state index in [9.17, 15) is 19.3 Å². The van der Waals surface area contributed by atoms with E-state index < -0.39 is 10.8 Å². The second-order valence-corrected chi connectivity index (χ2v) is 7.58. The summed E-state index contributed by atoms with van der Waals surface area (Å²) in [6.45, 7) is 1.86. The lowest BCUT2D eigenvalue weighted by molar-refractivity contribution is -0.387. The Morgan fingerprint density at radius 1 is 1.27 bits per heavy atom. The number of thiazole rings is 1. The molecular weight excluding hydrogens is 377 g/mol. The highest BCUT2D eigenvalue weighted by molar-refractivity contribution is 7.99. The Hall–Kier alpha value is -2.78. The van der Waals surface area contributed by atoms with E-state index in [2.05, 4.69) is 10.3 Å². The van der Waals surface area contributed by atoms with Gasteiger partial charge in [-0.3, -0.25) is 20.2 Å². The zero-order chi connectivity index (χ0) is 18.7. The molecule has 0 saturated carbocycles. The molecule has 3 aromatic rings. The van der Waals surface area contributed by atoms with Gasteiger partial charge in [0.15, 0.2) is 5.13 Å². The Labute approximate surface area is 156 Å². The molecule has 26 heavy (non-hydrogen) atoms. The zero-order valence-corrected chi connectivity index (χ0v) is 15.1. The predicted molar refractivity (Wildman–Crippen MR) is 98.4 cm³/mol. The van der Waals surface area contributed by atoms with Crippen molar-refractivity contribution in [2.45, 2.75) is 16.7 Å². The van der Waals surface area contributed by atoms with Crippen LogP contribution in [-0.4, -0.2) is 15.8 Å². The molecule has 6 nitrogen and oxygen atoms in total. The number of halogens is 1. The van der Waals surface area contributed by atoms with Gasteiger partial charge in [-0.05, 0) is 43.3 Å². The Bertz CT molecular complexity index is 974. The summed E-state index contributed by atoms with van der Waals surface area (Å²) in [7, 11) is 0. The number of aryl methyl sites for hydroxylation is 1. The number of aromatic nitrogens is 1. The lowest BCUT2D eigenvalue weighted by Gasteiger charge is -2.06. The summed E-state index contributed by atoms with van der Waals surface area (Å²) >= 11 is 2.44. The van der Waals surface area contributed by atoms with Gasteiger partial charge in [0.25, 0.3) is 11.6 Å². The molecule has 2 aromatic carbocycles. The summed E-state index contributed by atoms with van der Waals surface area (Å²) in [6.07, 6.45) is 1.63. The number of hydrogen-bond acceptors (Lipinski definition) is 6. The van der Waals surface area contributed by atoms with Gasteiger partial charge in [0.1, 0.15) is 5.82 Å². The third kappa shape index (κ3) is 4.24. The molecule has 0 atom stereocenters. The first-order valence-electron chi connectivity index (χ1n) is 7.38. The van der Waals surface area contributed by atoms with Crippen LogP contribution in [0.2, 0.25) is 0 Å². The van der Waals surface area contributed by atoms with Crippen molar-refractivity contribution in [3.8, 4) is 0 Å². The number of carbonyl (C=O) groups excluding carboxylic acids is 1. The van der Waals surface area contributed by atoms with Crippen LogP contribution in [0.25, 0.3) is 0 Å². The van der Waals surface area contributed by atoms with Gasteiger partial charge in [0, 0.05) is 27.6 Å². The van der Waals surface area contributed by atoms with Crippen molar-refractivity contribution in [3.63, 3.8) is 0 Å². The average Bonchev–Trinajstić information content (AvgIpc) is 3.01. The summed E-state index contributed by atoms with van der Waals surface area (Å²) in [6, 6.07) is 9.88. The quantitative estimate of drug-likeness (QED) is 0.495. The van der Waals surface area contributed by atoms with Gasteiger partial charge in [-0.2, -0.15) is 0 Å². The van der Waals surface area contributed by atoms with E-state index in [1.54, 1.807) is 6.20 Å². The van der Waals surface area contributed by atoms with Gasteiger partial charge in [0.05, 0.1) is 9.82 Å². The Morgan fingerprint density at radius 2 is 2.00 bits per heavy atom. The summed E-state index contributed by atoms with van der Waals surface area (Å²) in [5.74, 6) is -0.853. The molecule has 0 saturated heterocycles. The fraction of sp³-hybridized carbons (Fsp3) is 0.0588. The third-order valence-corrected chi connectivity index (χ3v) is 5.20. The number of hydrogen-bond donors (Lipinski definition) is 1. The normalized spacial score (nSPS) is 10.5. The summed E-state index contributed by atoms with van der Waals surface area (Å²) in [5.41, 5.74) is -0.0321. The van der Waals surface area contributed by atoms with Crippen molar-refractivity contribution in [2.75, 3.05) is 5.32 Å². The maximum Gasteiger partial charge on any atom is 0.284 e. The summed E-state index contributed by atoms with van der Waals surface area (Å²) in [5, 5.41) is 14.4. The number of rotatable bonds is 5. The number of benzene rings is 2. The van der Waals surface area contributed by atoms with E-state index in [0.717, 1.165) is 16.6 Å². The van der Waals surface area contributed by atoms with Crippen LogP contribution in [-0.2, 0) is 0 Å². The maximum atomic E-state index is 13.0. The third-order valence-electron chi connectivity index (χ3n) is 3.30. The van der Waals surface area contributed by atoms with Gasteiger partial charge < -0.3 is 0 Å². The Balaban J connectivity index is 1.85. The van der Waals surface area contributed by atoms with E-state index in [4.69, 9.17) is 0 Å². The van der Waals surface area contributed by atoms with Crippen LogP contribution in [0.15, 0.2) is 58.5 Å². The molecule has 1 N–H and O–H groups in total. The van der Waals surface area contributed by atoms with E-state index >= 15 is 0 Å². The Kier molecular flexibility index (Phi) is 5.29. The average molecular weight is 389 g/mol. The maximum absolute atomic E-state index is 13.0. The van der Waals surface area contributed by atoms with Gasteiger partial charge in [-0.1, -0.05) is 11.8 Å². The fourth-order valence-corrected chi connectivity index (χ4v) is 3.66. The molecule has 9 heteroatoms. The highest BCUT2D eigenvalue weighted by Crippen LogP contribution is 2.35. The SMILES string of the molecule is Cc1cnc(NC(=O)c2ccc(Sc3ccc(F)cc3)c([N+](=O)[O-])c2)s1. The van der Waals surface area contributed by atoms with Crippen molar-refractivity contribution in [1.29, 1.82) is 0 Å². The number of carbonyl (C=O) groups is 1. The zero-order valence-electron chi connectivity index (χ0n) is 13.4. The summed E-state index contributed by atoms with van der Waals surface area (Å²) < 4.78 is 13.0. The molecule has 0 radical (unpaired) electrons. The van der Waals surface area contributed by atoms with Crippen LogP contribution in [0.1, 0.15) is 15.2 Å². The van der Waals surface area contributed by atoms with Gasteiger partial charge in [-0.15, -0.1) is 11.3 Å². The van der Waals surface area contributed by atoms with Crippen LogP contribution in [0, 0.1) is 22.9 Å². The van der Waals surface area contributed by atoms with E-state index in [-0.39, 0.29) is 17.1 Å². The minimum absolute atomic E-state index is 0.160. The van der Waals surface area contributed by atoms with E-state index in [0.29, 0.717) is 14.9 Å². The van der Waals surface area contributed by atoms with Crippen LogP contribution in [0.3, 0.4) is 0 Å². The fourth-order valence-electron chi connectivity index (χ4n) is 2.10. The number of nitro groups is 1. The van der Waals surface area contributed by atoms with E-state index in [1.807, 2.05) is 6.92 Å². The predicted octanol–water partition coefficient (Wildman–Crippen LogP) is 4.90. The number of nitrogens with zero attached hydrogens (tertiary/aromatic N) is 2. The van der Waals surface area contributed by atoms with Crippen molar-refractivity contribution < 1.29 is 14.1 Å². The molecule has 0 fully saturated rings. The molecule has 0 aliphatic rings. The minimum Gasteiger partial charge on any atom is -0.298 e. The highest BCUT2D eigenvalue weighted by atomic mass is 32.2. The minimum atomic E-state index is -0.545. The molecule has 0 bridgehead atoms. The second-order valence-electron chi connectivity index (χ2n) is 5.23. The first kappa shape index (κ1) is 18.0. The topological polar surface area (TPSA) is 85.1 Å². The Morgan fingerprint density at radius 3 is 2.62 bits per heavy atom. The number of nitrogens with one attached hydrogen (secondary N) is 1. The molecule has 0 aliphatic carbocycles. The molecule has 0 spiro atoms. The number of nitro benzene ring substituents is 1. The smallest absolute Gasteiger partial charge is 0.284 e. The molecule has 0 aliphatic heterocycles. The van der Waals surface area contributed by atoms with Crippen molar-refractivity contribution in [3.05, 3.63) is 75.0 Å². The van der Waals surface area contributed by atoms with Crippen LogP contribution >= 0.6 is 23.1 Å². The molecule has 1 heterocycles. The monoisotopic (exact) mass is 389 g/mol. The standard InChI is InChI=1S/C17H12FN3O3S2/c1-10-9-19-17(25-10)20-16(22)11-2-7-15(14(8-11)21(23)24)26-13-5-3-12(18)4-6-13/h2-9H,1H3,(H,19,20,22). The van der Waals surface area contributed by atoms with E-state index in [1.165, 1.54) is 53.8 Å². The molecular formula is C17H12FN3O3S2. The first-order valence-corrected chi connectivity index (χ1v) is 9.01.